The lowest BCUT2D eigenvalue weighted by molar-refractivity contribution is -0.485. The topological polar surface area (TPSA) is 81.8 Å². The molecule has 0 radical (unpaired) electrons. The number of fused-ring (bicyclic) bond motifs is 1. The van der Waals surface area contributed by atoms with E-state index < -0.39 is 16.7 Å². The van der Waals surface area contributed by atoms with Crippen molar-refractivity contribution in [2.24, 2.45) is 4.99 Å². The number of hydrogen-bond donors (Lipinski definition) is 0. The summed E-state index contributed by atoms with van der Waals surface area (Å²) in [7, 11) is 1.50. The van der Waals surface area contributed by atoms with Crippen LogP contribution in [0.2, 0.25) is 0 Å². The van der Waals surface area contributed by atoms with E-state index in [4.69, 9.17) is 4.74 Å². The lowest BCUT2D eigenvalue weighted by Gasteiger charge is -2.06. The zero-order valence-corrected chi connectivity index (χ0v) is 11.7. The monoisotopic (exact) mass is 296 g/mol. The first-order chi connectivity index (χ1) is 10.6. The van der Waals surface area contributed by atoms with E-state index in [0.717, 1.165) is 0 Å². The van der Waals surface area contributed by atoms with Crippen molar-refractivity contribution in [1.29, 1.82) is 0 Å². The zero-order valence-electron chi connectivity index (χ0n) is 11.7. The number of benzene rings is 2. The van der Waals surface area contributed by atoms with Crippen molar-refractivity contribution in [2.45, 2.75) is 6.04 Å². The Morgan fingerprint density at radius 1 is 1.09 bits per heavy atom. The van der Waals surface area contributed by atoms with Crippen LogP contribution in [-0.4, -0.2) is 29.6 Å². The Bertz CT molecular complexity index is 798. The fourth-order valence-electron chi connectivity index (χ4n) is 2.51. The van der Waals surface area contributed by atoms with Crippen LogP contribution in [-0.2, 0) is 0 Å². The summed E-state index contributed by atoms with van der Waals surface area (Å²) in [6.07, 6.45) is 0. The molecule has 0 fully saturated rings. The molecule has 110 valence electrons. The molecule has 0 saturated heterocycles. The predicted molar refractivity (Wildman–Crippen MR) is 80.7 cm³/mol. The first-order valence-electron chi connectivity index (χ1n) is 6.62. The van der Waals surface area contributed by atoms with E-state index in [1.54, 1.807) is 48.5 Å². The number of carbonyl (C=O) groups excluding carboxylic acids is 1. The number of nitro groups is 1. The van der Waals surface area contributed by atoms with Gasteiger partial charge in [0.15, 0.2) is 0 Å². The van der Waals surface area contributed by atoms with Crippen molar-refractivity contribution in [3.63, 3.8) is 0 Å². The number of nitrogens with zero attached hydrogens (tertiary/aromatic N) is 2. The summed E-state index contributed by atoms with van der Waals surface area (Å²) in [6.45, 7) is 0. The average molecular weight is 296 g/mol. The molecular weight excluding hydrogens is 284 g/mol. The quantitative estimate of drug-likeness (QED) is 0.644. The maximum Gasteiger partial charge on any atom is 0.316 e. The second kappa shape index (κ2) is 5.40. The summed E-state index contributed by atoms with van der Waals surface area (Å²) in [6, 6.07) is 12.1. The summed E-state index contributed by atoms with van der Waals surface area (Å²) in [5.74, 6) is -0.0387. The van der Waals surface area contributed by atoms with Crippen LogP contribution in [0.4, 0.5) is 5.69 Å². The van der Waals surface area contributed by atoms with E-state index in [1.165, 1.54) is 7.11 Å². The van der Waals surface area contributed by atoms with Crippen LogP contribution < -0.4 is 4.74 Å². The van der Waals surface area contributed by atoms with Gasteiger partial charge in [0.25, 0.3) is 0 Å². The molecule has 0 aromatic heterocycles. The molecule has 3 rings (SSSR count). The van der Waals surface area contributed by atoms with Gasteiger partial charge in [-0.25, -0.2) is 4.99 Å². The number of ether oxygens (including phenoxy) is 1. The van der Waals surface area contributed by atoms with Crippen molar-refractivity contribution in [3.8, 4) is 5.75 Å². The third kappa shape index (κ3) is 2.14. The van der Waals surface area contributed by atoms with Gasteiger partial charge in [-0.2, -0.15) is 0 Å². The van der Waals surface area contributed by atoms with Crippen molar-refractivity contribution in [2.75, 3.05) is 7.11 Å². The number of rotatable bonds is 3. The molecule has 0 N–H and O–H groups in total. The number of methoxy groups -OCH3 is 1. The summed E-state index contributed by atoms with van der Waals surface area (Å²) in [4.78, 5) is 27.3. The molecule has 1 atom stereocenters. The standard InChI is InChI=1S/C16H12N2O4/c1-22-13-9-5-4-8-12(13)17-14-10-6-2-3-7-11(10)16(19)15(14)18(20)21/h2-9,15H,1H3/t15-/m1/s1. The van der Waals surface area contributed by atoms with Gasteiger partial charge in [-0.1, -0.05) is 36.4 Å². The smallest absolute Gasteiger partial charge is 0.316 e. The zero-order chi connectivity index (χ0) is 15.7. The SMILES string of the molecule is COc1ccccc1N=C1c2ccccc2C(=O)[C@@H]1[N+](=O)[O-]. The highest BCUT2D eigenvalue weighted by molar-refractivity contribution is 6.30. The third-order valence-electron chi connectivity index (χ3n) is 3.51. The van der Waals surface area contributed by atoms with Gasteiger partial charge >= 0.3 is 6.04 Å². The highest BCUT2D eigenvalue weighted by Gasteiger charge is 2.45. The molecule has 2 aromatic carbocycles. The van der Waals surface area contributed by atoms with Gasteiger partial charge < -0.3 is 4.74 Å². The number of ketones is 1. The van der Waals surface area contributed by atoms with E-state index >= 15 is 0 Å². The number of hydrogen-bond acceptors (Lipinski definition) is 5. The molecule has 1 aliphatic carbocycles. The fourth-order valence-corrected chi connectivity index (χ4v) is 2.51. The Balaban J connectivity index is 2.20. The second-order valence-corrected chi connectivity index (χ2v) is 4.77. The van der Waals surface area contributed by atoms with Gasteiger partial charge in [-0.3, -0.25) is 14.9 Å². The average Bonchev–Trinajstić information content (AvgIpc) is 2.81. The van der Waals surface area contributed by atoms with Crippen LogP contribution in [0.15, 0.2) is 53.5 Å². The van der Waals surface area contributed by atoms with Crippen LogP contribution >= 0.6 is 0 Å². The lowest BCUT2D eigenvalue weighted by atomic mass is 10.1. The molecule has 0 bridgehead atoms. The van der Waals surface area contributed by atoms with Crippen LogP contribution in [0.25, 0.3) is 0 Å². The van der Waals surface area contributed by atoms with Gasteiger partial charge in [0.2, 0.25) is 5.78 Å². The molecule has 0 aliphatic heterocycles. The minimum absolute atomic E-state index is 0.148. The van der Waals surface area contributed by atoms with Crippen molar-refractivity contribution >= 4 is 17.2 Å². The van der Waals surface area contributed by atoms with E-state index in [-0.39, 0.29) is 5.71 Å². The Morgan fingerprint density at radius 3 is 2.41 bits per heavy atom. The van der Waals surface area contributed by atoms with E-state index in [0.29, 0.717) is 22.6 Å². The van der Waals surface area contributed by atoms with Crippen molar-refractivity contribution in [3.05, 3.63) is 69.8 Å². The minimum atomic E-state index is -1.47. The minimum Gasteiger partial charge on any atom is -0.494 e. The summed E-state index contributed by atoms with van der Waals surface area (Å²) in [5, 5.41) is 11.3. The van der Waals surface area contributed by atoms with Crippen molar-refractivity contribution < 1.29 is 14.5 Å². The van der Waals surface area contributed by atoms with Gasteiger partial charge in [0.1, 0.15) is 17.1 Å². The molecular formula is C16H12N2O4. The normalized spacial score (nSPS) is 18.3. The maximum atomic E-state index is 12.2. The summed E-state index contributed by atoms with van der Waals surface area (Å²) < 4.78 is 5.20. The molecule has 0 saturated carbocycles. The van der Waals surface area contributed by atoms with Crippen LogP contribution in [0, 0.1) is 10.1 Å². The first kappa shape index (κ1) is 13.9. The van der Waals surface area contributed by atoms with Crippen LogP contribution in [0.1, 0.15) is 15.9 Å². The molecule has 22 heavy (non-hydrogen) atoms. The molecule has 0 heterocycles. The van der Waals surface area contributed by atoms with Crippen LogP contribution in [0.5, 0.6) is 5.75 Å². The molecule has 0 spiro atoms. The largest absolute Gasteiger partial charge is 0.494 e. The molecule has 2 aromatic rings. The van der Waals surface area contributed by atoms with Gasteiger partial charge in [0, 0.05) is 16.1 Å². The van der Waals surface area contributed by atoms with Gasteiger partial charge in [0.05, 0.1) is 7.11 Å². The number of para-hydroxylation sites is 2. The first-order valence-corrected chi connectivity index (χ1v) is 6.62. The van der Waals surface area contributed by atoms with E-state index in [9.17, 15) is 14.9 Å². The fraction of sp³-hybridized carbons (Fsp3) is 0.125. The Hall–Kier alpha value is -3.02. The Kier molecular flexibility index (Phi) is 3.42. The molecule has 6 nitrogen and oxygen atoms in total. The predicted octanol–water partition coefficient (Wildman–Crippen LogP) is 2.66. The van der Waals surface area contributed by atoms with Crippen LogP contribution in [0.3, 0.4) is 0 Å². The molecule has 1 aliphatic rings. The van der Waals surface area contributed by atoms with E-state index in [2.05, 4.69) is 4.99 Å². The number of aliphatic imine (C=N–C) groups is 1. The number of Topliss-reactive ketones (excluding diaryl/α,β-unsaturated/α-hetero) is 1. The second-order valence-electron chi connectivity index (χ2n) is 4.77. The summed E-state index contributed by atoms with van der Waals surface area (Å²) in [5.41, 5.74) is 1.43. The maximum absolute atomic E-state index is 12.2. The Labute approximate surface area is 126 Å². The van der Waals surface area contributed by atoms with Crippen molar-refractivity contribution in [1.82, 2.24) is 0 Å². The van der Waals surface area contributed by atoms with E-state index in [1.807, 2.05) is 0 Å². The molecule has 6 heteroatoms. The summed E-state index contributed by atoms with van der Waals surface area (Å²) >= 11 is 0. The lowest BCUT2D eigenvalue weighted by Crippen LogP contribution is -2.31. The van der Waals surface area contributed by atoms with Gasteiger partial charge in [-0.15, -0.1) is 0 Å². The molecule has 0 amide bonds. The number of carbonyl (C=O) groups is 1. The highest BCUT2D eigenvalue weighted by atomic mass is 16.6. The third-order valence-corrected chi connectivity index (χ3v) is 3.51. The molecule has 0 unspecified atom stereocenters. The Morgan fingerprint density at radius 2 is 1.73 bits per heavy atom. The van der Waals surface area contributed by atoms with Gasteiger partial charge in [-0.05, 0) is 12.1 Å². The highest BCUT2D eigenvalue weighted by Crippen LogP contribution is 2.31.